The van der Waals surface area contributed by atoms with Gasteiger partial charge < -0.3 is 10.5 Å². The summed E-state index contributed by atoms with van der Waals surface area (Å²) in [5, 5.41) is 0. The molecule has 92 valence electrons. The summed E-state index contributed by atoms with van der Waals surface area (Å²) < 4.78 is 5.12. The van der Waals surface area contributed by atoms with E-state index < -0.39 is 0 Å². The third kappa shape index (κ3) is 2.66. The molecule has 1 aromatic carbocycles. The van der Waals surface area contributed by atoms with Crippen LogP contribution >= 0.6 is 0 Å². The Morgan fingerprint density at radius 1 is 1.39 bits per heavy atom. The number of anilines is 1. The van der Waals surface area contributed by atoms with E-state index in [0.717, 1.165) is 11.3 Å². The molecule has 0 atom stereocenters. The second kappa shape index (κ2) is 5.31. The summed E-state index contributed by atoms with van der Waals surface area (Å²) >= 11 is 0. The number of hydrogen-bond donors (Lipinski definition) is 1. The van der Waals surface area contributed by atoms with Gasteiger partial charge in [-0.3, -0.25) is 9.78 Å². The monoisotopic (exact) mass is 242 g/mol. The lowest BCUT2D eigenvalue weighted by Gasteiger charge is -2.05. The van der Waals surface area contributed by atoms with Crippen molar-refractivity contribution in [3.05, 3.63) is 53.9 Å². The zero-order valence-electron chi connectivity index (χ0n) is 10.1. The maximum absolute atomic E-state index is 12.1. The molecule has 2 aromatic rings. The van der Waals surface area contributed by atoms with Crippen LogP contribution < -0.4 is 10.5 Å². The molecule has 18 heavy (non-hydrogen) atoms. The maximum Gasteiger partial charge on any atom is 0.170 e. The predicted octanol–water partition coefficient (Wildman–Crippen LogP) is 2.10. The largest absolute Gasteiger partial charge is 0.497 e. The normalized spacial score (nSPS) is 10.1. The topological polar surface area (TPSA) is 65.2 Å². The minimum absolute atomic E-state index is 0.0474. The third-order valence-electron chi connectivity index (χ3n) is 2.65. The summed E-state index contributed by atoms with van der Waals surface area (Å²) in [6, 6.07) is 9.04. The predicted molar refractivity (Wildman–Crippen MR) is 69.7 cm³/mol. The zero-order valence-corrected chi connectivity index (χ0v) is 10.1. The first kappa shape index (κ1) is 12.1. The molecule has 0 radical (unpaired) electrons. The fourth-order valence-corrected chi connectivity index (χ4v) is 1.70. The van der Waals surface area contributed by atoms with E-state index in [4.69, 9.17) is 10.5 Å². The van der Waals surface area contributed by atoms with Crippen LogP contribution in [0.2, 0.25) is 0 Å². The number of nitrogens with zero attached hydrogens (tertiary/aromatic N) is 1. The van der Waals surface area contributed by atoms with Crippen molar-refractivity contribution in [3.8, 4) is 5.75 Å². The van der Waals surface area contributed by atoms with Gasteiger partial charge in [0.05, 0.1) is 12.7 Å². The van der Waals surface area contributed by atoms with Crippen LogP contribution in [-0.2, 0) is 6.42 Å². The van der Waals surface area contributed by atoms with E-state index in [9.17, 15) is 4.79 Å². The standard InChI is InChI=1S/C14H14N2O2/c1-18-11-4-2-3-10(7-11)8-14(17)12-9-16-6-5-13(12)15/h2-7,9H,8H2,1H3,(H2,15,16). The number of pyridine rings is 1. The van der Waals surface area contributed by atoms with Crippen molar-refractivity contribution in [3.63, 3.8) is 0 Å². The number of methoxy groups -OCH3 is 1. The van der Waals surface area contributed by atoms with E-state index >= 15 is 0 Å². The molecule has 0 fully saturated rings. The summed E-state index contributed by atoms with van der Waals surface area (Å²) in [4.78, 5) is 16.0. The molecule has 4 nitrogen and oxygen atoms in total. The molecule has 0 bridgehead atoms. The number of benzene rings is 1. The molecular weight excluding hydrogens is 228 g/mol. The van der Waals surface area contributed by atoms with Crippen molar-refractivity contribution >= 4 is 11.5 Å². The molecule has 0 saturated carbocycles. The fourth-order valence-electron chi connectivity index (χ4n) is 1.70. The van der Waals surface area contributed by atoms with Gasteiger partial charge in [-0.15, -0.1) is 0 Å². The van der Waals surface area contributed by atoms with Crippen molar-refractivity contribution in [2.24, 2.45) is 0 Å². The summed E-state index contributed by atoms with van der Waals surface area (Å²) in [5.41, 5.74) is 7.55. The van der Waals surface area contributed by atoms with Gasteiger partial charge in [0.25, 0.3) is 0 Å². The minimum Gasteiger partial charge on any atom is -0.497 e. The number of nitrogens with two attached hydrogens (primary N) is 1. The van der Waals surface area contributed by atoms with E-state index in [1.807, 2.05) is 24.3 Å². The van der Waals surface area contributed by atoms with Gasteiger partial charge in [0.1, 0.15) is 5.75 Å². The van der Waals surface area contributed by atoms with Gasteiger partial charge in [-0.1, -0.05) is 12.1 Å². The first-order valence-corrected chi connectivity index (χ1v) is 5.56. The number of Topliss-reactive ketones (excluding diaryl/α,β-unsaturated/α-hetero) is 1. The van der Waals surface area contributed by atoms with Crippen molar-refractivity contribution < 1.29 is 9.53 Å². The summed E-state index contributed by atoms with van der Waals surface area (Å²) in [6.45, 7) is 0. The van der Waals surface area contributed by atoms with Gasteiger partial charge in [-0.2, -0.15) is 0 Å². The van der Waals surface area contributed by atoms with E-state index in [0.29, 0.717) is 11.3 Å². The van der Waals surface area contributed by atoms with Crippen LogP contribution in [0.5, 0.6) is 5.75 Å². The Labute approximate surface area is 105 Å². The van der Waals surface area contributed by atoms with Crippen molar-refractivity contribution in [2.75, 3.05) is 12.8 Å². The number of aromatic nitrogens is 1. The Morgan fingerprint density at radius 3 is 2.94 bits per heavy atom. The van der Waals surface area contributed by atoms with E-state index in [-0.39, 0.29) is 12.2 Å². The van der Waals surface area contributed by atoms with Crippen LogP contribution in [0.15, 0.2) is 42.7 Å². The minimum atomic E-state index is -0.0474. The lowest BCUT2D eigenvalue weighted by atomic mass is 10.0. The molecule has 0 saturated heterocycles. The number of ketones is 1. The zero-order chi connectivity index (χ0) is 13.0. The highest BCUT2D eigenvalue weighted by Gasteiger charge is 2.10. The highest BCUT2D eigenvalue weighted by atomic mass is 16.5. The van der Waals surface area contributed by atoms with E-state index in [2.05, 4.69) is 4.98 Å². The highest BCUT2D eigenvalue weighted by Crippen LogP contribution is 2.16. The van der Waals surface area contributed by atoms with Crippen LogP contribution in [0, 0.1) is 0 Å². The highest BCUT2D eigenvalue weighted by molar-refractivity contribution is 6.01. The quantitative estimate of drug-likeness (QED) is 0.834. The second-order valence-corrected chi connectivity index (χ2v) is 3.91. The molecule has 1 heterocycles. The first-order valence-electron chi connectivity index (χ1n) is 5.56. The van der Waals surface area contributed by atoms with Crippen molar-refractivity contribution in [1.82, 2.24) is 4.98 Å². The summed E-state index contributed by atoms with van der Waals surface area (Å²) in [6.07, 6.45) is 3.35. The molecular formula is C14H14N2O2. The van der Waals surface area contributed by atoms with E-state index in [1.165, 1.54) is 6.20 Å². The first-order chi connectivity index (χ1) is 8.70. The van der Waals surface area contributed by atoms with Gasteiger partial charge in [-0.25, -0.2) is 0 Å². The van der Waals surface area contributed by atoms with Gasteiger partial charge in [0, 0.05) is 24.5 Å². The smallest absolute Gasteiger partial charge is 0.170 e. The van der Waals surface area contributed by atoms with E-state index in [1.54, 1.807) is 19.4 Å². The Balaban J connectivity index is 2.19. The summed E-state index contributed by atoms with van der Waals surface area (Å²) in [5.74, 6) is 0.688. The molecule has 2 rings (SSSR count). The van der Waals surface area contributed by atoms with Crippen LogP contribution in [0.4, 0.5) is 5.69 Å². The molecule has 0 aliphatic carbocycles. The van der Waals surface area contributed by atoms with Crippen LogP contribution in [0.25, 0.3) is 0 Å². The number of carbonyl (C=O) groups is 1. The summed E-state index contributed by atoms with van der Waals surface area (Å²) in [7, 11) is 1.60. The number of nitrogen functional groups attached to an aromatic ring is 1. The number of rotatable bonds is 4. The number of hydrogen-bond acceptors (Lipinski definition) is 4. The Hall–Kier alpha value is -2.36. The SMILES string of the molecule is COc1cccc(CC(=O)c2cnccc2N)c1. The molecule has 0 aliphatic heterocycles. The van der Waals surface area contributed by atoms with Crippen molar-refractivity contribution in [1.29, 1.82) is 0 Å². The van der Waals surface area contributed by atoms with Crippen LogP contribution in [0.3, 0.4) is 0 Å². The molecule has 2 N–H and O–H groups in total. The lowest BCUT2D eigenvalue weighted by Crippen LogP contribution is -2.07. The second-order valence-electron chi connectivity index (χ2n) is 3.91. The number of ether oxygens (including phenoxy) is 1. The molecule has 4 heteroatoms. The third-order valence-corrected chi connectivity index (χ3v) is 2.65. The Morgan fingerprint density at radius 2 is 2.22 bits per heavy atom. The van der Waals surface area contributed by atoms with Gasteiger partial charge in [-0.05, 0) is 23.8 Å². The average molecular weight is 242 g/mol. The maximum atomic E-state index is 12.1. The van der Waals surface area contributed by atoms with Crippen LogP contribution in [-0.4, -0.2) is 17.9 Å². The van der Waals surface area contributed by atoms with Crippen LogP contribution in [0.1, 0.15) is 15.9 Å². The Kier molecular flexibility index (Phi) is 3.57. The van der Waals surface area contributed by atoms with Crippen molar-refractivity contribution in [2.45, 2.75) is 6.42 Å². The molecule has 0 unspecified atom stereocenters. The molecule has 0 amide bonds. The molecule has 0 spiro atoms. The molecule has 0 aliphatic rings. The lowest BCUT2D eigenvalue weighted by molar-refractivity contribution is 0.0993. The fraction of sp³-hybridized carbons (Fsp3) is 0.143. The average Bonchev–Trinajstić information content (AvgIpc) is 2.39. The van der Waals surface area contributed by atoms with Gasteiger partial charge in [0.2, 0.25) is 0 Å². The van der Waals surface area contributed by atoms with Gasteiger partial charge in [0.15, 0.2) is 5.78 Å². The number of carbonyl (C=O) groups excluding carboxylic acids is 1. The molecule has 1 aromatic heterocycles. The Bertz CT molecular complexity index is 567. The van der Waals surface area contributed by atoms with Gasteiger partial charge >= 0.3 is 0 Å².